The Balaban J connectivity index is 1.37. The first kappa shape index (κ1) is 22.1. The lowest BCUT2D eigenvalue weighted by Crippen LogP contribution is -2.55. The molecule has 1 saturated heterocycles. The van der Waals surface area contributed by atoms with Gasteiger partial charge in [-0.25, -0.2) is 0 Å². The molecule has 32 heavy (non-hydrogen) atoms. The number of hydrogen-bond donors (Lipinski definition) is 0. The molecule has 0 unspecified atom stereocenters. The number of hydrogen-bond acceptors (Lipinski definition) is 6. The van der Waals surface area contributed by atoms with Crippen LogP contribution in [-0.4, -0.2) is 75.1 Å². The van der Waals surface area contributed by atoms with E-state index in [1.54, 1.807) is 14.2 Å². The maximum Gasteiger partial charge on any atom is 0.260 e. The van der Waals surface area contributed by atoms with Crippen LogP contribution in [0.4, 0.5) is 5.69 Å². The van der Waals surface area contributed by atoms with Gasteiger partial charge in [0.1, 0.15) is 0 Å². The number of amides is 2. The third kappa shape index (κ3) is 3.93. The van der Waals surface area contributed by atoms with Crippen LogP contribution in [0.3, 0.4) is 0 Å². The molecule has 170 valence electrons. The van der Waals surface area contributed by atoms with Crippen LogP contribution in [-0.2, 0) is 10.2 Å². The summed E-state index contributed by atoms with van der Waals surface area (Å²) < 4.78 is 10.8. The third-order valence-corrected chi connectivity index (χ3v) is 6.60. The number of carbonyl (C=O) groups is 2. The molecule has 0 aliphatic carbocycles. The summed E-state index contributed by atoms with van der Waals surface area (Å²) in [4.78, 5) is 32.2. The maximum absolute atomic E-state index is 13.1. The molecule has 2 aromatic rings. The number of ether oxygens (including phenoxy) is 2. The molecule has 2 amide bonds. The van der Waals surface area contributed by atoms with Crippen molar-refractivity contribution in [3.05, 3.63) is 53.6 Å². The first-order valence-corrected chi connectivity index (χ1v) is 11.0. The van der Waals surface area contributed by atoms with Crippen molar-refractivity contribution in [3.8, 4) is 11.5 Å². The molecule has 0 spiro atoms. The predicted molar refractivity (Wildman–Crippen MR) is 124 cm³/mol. The predicted octanol–water partition coefficient (Wildman–Crippen LogP) is 2.79. The highest BCUT2D eigenvalue weighted by Gasteiger charge is 2.44. The van der Waals surface area contributed by atoms with E-state index in [-0.39, 0.29) is 11.8 Å². The van der Waals surface area contributed by atoms with Gasteiger partial charge in [-0.2, -0.15) is 0 Å². The van der Waals surface area contributed by atoms with Crippen molar-refractivity contribution < 1.29 is 19.1 Å². The Bertz CT molecular complexity index is 1010. The van der Waals surface area contributed by atoms with Gasteiger partial charge in [0.2, 0.25) is 5.91 Å². The van der Waals surface area contributed by atoms with Gasteiger partial charge in [-0.15, -0.1) is 0 Å². The summed E-state index contributed by atoms with van der Waals surface area (Å²) in [5, 5.41) is 0. The Hall–Kier alpha value is -3.06. The van der Waals surface area contributed by atoms with Crippen molar-refractivity contribution in [1.29, 1.82) is 0 Å². The second-order valence-corrected chi connectivity index (χ2v) is 8.80. The Labute approximate surface area is 189 Å². The number of rotatable bonds is 6. The quantitative estimate of drug-likeness (QED) is 0.648. The zero-order chi connectivity index (χ0) is 22.9. The molecule has 2 heterocycles. The first-order chi connectivity index (χ1) is 15.4. The molecule has 0 saturated carbocycles. The number of imide groups is 1. The molecule has 2 aliphatic rings. The van der Waals surface area contributed by atoms with Crippen molar-refractivity contribution in [3.63, 3.8) is 0 Å². The fourth-order valence-electron chi connectivity index (χ4n) is 4.60. The number of nitrogens with zero attached hydrogens (tertiary/aromatic N) is 3. The molecular formula is C25H31N3O4. The number of anilines is 1. The van der Waals surface area contributed by atoms with Crippen LogP contribution in [0.25, 0.3) is 0 Å². The second kappa shape index (κ2) is 8.82. The molecular weight excluding hydrogens is 406 g/mol. The van der Waals surface area contributed by atoms with Crippen LogP contribution in [0.15, 0.2) is 42.5 Å². The summed E-state index contributed by atoms with van der Waals surface area (Å²) >= 11 is 0. The van der Waals surface area contributed by atoms with Crippen molar-refractivity contribution in [1.82, 2.24) is 9.80 Å². The summed E-state index contributed by atoms with van der Waals surface area (Å²) in [6, 6.07) is 13.4. The summed E-state index contributed by atoms with van der Waals surface area (Å²) in [5.74, 6) is 1.13. The fourth-order valence-corrected chi connectivity index (χ4v) is 4.60. The van der Waals surface area contributed by atoms with Gasteiger partial charge in [-0.05, 0) is 37.6 Å². The average Bonchev–Trinajstić information content (AvgIpc) is 2.83. The molecule has 2 aromatic carbocycles. The lowest BCUT2D eigenvalue weighted by molar-refractivity contribution is -0.134. The van der Waals surface area contributed by atoms with E-state index in [9.17, 15) is 9.59 Å². The standard InChI is InChI=1S/C25H31N3O4/c1-25(2)20-8-6-5-7-19(20)23(29)28(24(25)30)16-13-26-11-14-27(15-12-26)18-9-10-21(31-3)22(17-18)32-4/h5-10,17H,11-16H2,1-4H3. The van der Waals surface area contributed by atoms with E-state index in [4.69, 9.17) is 9.47 Å². The van der Waals surface area contributed by atoms with Gasteiger partial charge in [0.15, 0.2) is 11.5 Å². The molecule has 0 aromatic heterocycles. The molecule has 0 N–H and O–H groups in total. The minimum Gasteiger partial charge on any atom is -0.493 e. The molecule has 7 heteroatoms. The van der Waals surface area contributed by atoms with Crippen LogP contribution in [0.2, 0.25) is 0 Å². The van der Waals surface area contributed by atoms with Crippen LogP contribution in [0.5, 0.6) is 11.5 Å². The van der Waals surface area contributed by atoms with E-state index in [0.29, 0.717) is 18.7 Å². The molecule has 0 atom stereocenters. The van der Waals surface area contributed by atoms with E-state index >= 15 is 0 Å². The maximum atomic E-state index is 13.1. The molecule has 2 aliphatic heterocycles. The lowest BCUT2D eigenvalue weighted by atomic mass is 9.77. The van der Waals surface area contributed by atoms with E-state index in [1.165, 1.54) is 4.90 Å². The highest BCUT2D eigenvalue weighted by atomic mass is 16.5. The van der Waals surface area contributed by atoms with Gasteiger partial charge in [-0.3, -0.25) is 19.4 Å². The summed E-state index contributed by atoms with van der Waals surface area (Å²) in [7, 11) is 3.27. The number of fused-ring (bicyclic) bond motifs is 1. The number of benzene rings is 2. The molecule has 7 nitrogen and oxygen atoms in total. The number of carbonyl (C=O) groups excluding carboxylic acids is 2. The van der Waals surface area contributed by atoms with E-state index < -0.39 is 5.41 Å². The topological polar surface area (TPSA) is 62.3 Å². The molecule has 4 rings (SSSR count). The smallest absolute Gasteiger partial charge is 0.260 e. The van der Waals surface area contributed by atoms with Crippen LogP contribution >= 0.6 is 0 Å². The summed E-state index contributed by atoms with van der Waals surface area (Å²) in [6.45, 7) is 8.35. The summed E-state index contributed by atoms with van der Waals surface area (Å²) in [5.41, 5.74) is 1.85. The number of piperazine rings is 1. The van der Waals surface area contributed by atoms with Gasteiger partial charge >= 0.3 is 0 Å². The Kier molecular flexibility index (Phi) is 6.11. The number of methoxy groups -OCH3 is 2. The fraction of sp³-hybridized carbons (Fsp3) is 0.440. The van der Waals surface area contributed by atoms with Crippen molar-refractivity contribution >= 4 is 17.5 Å². The zero-order valence-corrected chi connectivity index (χ0v) is 19.3. The highest BCUT2D eigenvalue weighted by Crippen LogP contribution is 2.34. The van der Waals surface area contributed by atoms with Gasteiger partial charge in [0.05, 0.1) is 19.6 Å². The van der Waals surface area contributed by atoms with Crippen molar-refractivity contribution in [2.45, 2.75) is 19.3 Å². The van der Waals surface area contributed by atoms with E-state index in [0.717, 1.165) is 48.9 Å². The van der Waals surface area contributed by atoms with Gasteiger partial charge < -0.3 is 14.4 Å². The minimum absolute atomic E-state index is 0.120. The zero-order valence-electron chi connectivity index (χ0n) is 19.3. The normalized spacial score (nSPS) is 18.5. The highest BCUT2D eigenvalue weighted by molar-refractivity contribution is 6.12. The molecule has 0 bridgehead atoms. The third-order valence-electron chi connectivity index (χ3n) is 6.60. The Morgan fingerprint density at radius 1 is 0.875 bits per heavy atom. The largest absolute Gasteiger partial charge is 0.493 e. The average molecular weight is 438 g/mol. The van der Waals surface area contributed by atoms with E-state index in [1.807, 2.05) is 56.3 Å². The second-order valence-electron chi connectivity index (χ2n) is 8.80. The van der Waals surface area contributed by atoms with Gasteiger partial charge in [-0.1, -0.05) is 18.2 Å². The van der Waals surface area contributed by atoms with Crippen LogP contribution in [0.1, 0.15) is 29.8 Å². The van der Waals surface area contributed by atoms with Crippen LogP contribution < -0.4 is 14.4 Å². The monoisotopic (exact) mass is 437 g/mol. The Morgan fingerprint density at radius 3 is 2.25 bits per heavy atom. The molecule has 0 radical (unpaired) electrons. The first-order valence-electron chi connectivity index (χ1n) is 11.0. The lowest BCUT2D eigenvalue weighted by Gasteiger charge is -2.40. The van der Waals surface area contributed by atoms with Crippen molar-refractivity contribution in [2.24, 2.45) is 0 Å². The Morgan fingerprint density at radius 2 is 1.56 bits per heavy atom. The molecule has 1 fully saturated rings. The van der Waals surface area contributed by atoms with Gasteiger partial charge in [0, 0.05) is 56.6 Å². The van der Waals surface area contributed by atoms with Crippen molar-refractivity contribution in [2.75, 3.05) is 58.4 Å². The van der Waals surface area contributed by atoms with E-state index in [2.05, 4.69) is 9.80 Å². The van der Waals surface area contributed by atoms with Gasteiger partial charge in [0.25, 0.3) is 5.91 Å². The minimum atomic E-state index is -0.698. The van der Waals surface area contributed by atoms with Crippen LogP contribution in [0, 0.1) is 0 Å². The summed E-state index contributed by atoms with van der Waals surface area (Å²) in [6.07, 6.45) is 0. The SMILES string of the molecule is COc1ccc(N2CCN(CCN3C(=O)c4ccccc4C(C)(C)C3=O)CC2)cc1OC.